The number of hydrogen-bond donors (Lipinski definition) is 1. The molecule has 0 unspecified atom stereocenters. The summed E-state index contributed by atoms with van der Waals surface area (Å²) in [5, 5.41) is 2.82. The maximum absolute atomic E-state index is 11.8. The third-order valence-corrected chi connectivity index (χ3v) is 2.94. The van der Waals surface area contributed by atoms with E-state index in [4.69, 9.17) is 0 Å². The highest BCUT2D eigenvalue weighted by Gasteiger charge is 2.31. The van der Waals surface area contributed by atoms with Crippen LogP contribution < -0.4 is 22.3 Å². The van der Waals surface area contributed by atoms with E-state index in [9.17, 15) is 4.79 Å². The maximum Gasteiger partial charge on any atom is 0.379 e. The first-order chi connectivity index (χ1) is 9.34. The number of nitrogens with zero attached hydrogens (tertiary/aromatic N) is 1. The van der Waals surface area contributed by atoms with Gasteiger partial charge in [-0.25, -0.2) is 10.1 Å². The summed E-state index contributed by atoms with van der Waals surface area (Å²) in [6, 6.07) is 15.7. The highest BCUT2D eigenvalue weighted by molar-refractivity contribution is 6.19. The second kappa shape index (κ2) is 6.17. The second-order valence-electron chi connectivity index (χ2n) is 4.23. The number of amides is 1. The number of anilines is 1. The summed E-state index contributed by atoms with van der Waals surface area (Å²) >= 11 is 0. The summed E-state index contributed by atoms with van der Waals surface area (Å²) in [6.07, 6.45) is 7.55. The molecular formula is C16H13ClN2O. The van der Waals surface area contributed by atoms with Crippen molar-refractivity contribution >= 4 is 23.5 Å². The Labute approximate surface area is 123 Å². The largest absolute Gasteiger partial charge is 1.00 e. The average Bonchev–Trinajstić information content (AvgIpc) is 2.76. The van der Waals surface area contributed by atoms with Crippen LogP contribution >= 0.6 is 0 Å². The zero-order chi connectivity index (χ0) is 13.1. The molecule has 2 heterocycles. The average molecular weight is 285 g/mol. The van der Waals surface area contributed by atoms with Crippen molar-refractivity contribution < 1.29 is 21.8 Å². The van der Waals surface area contributed by atoms with Gasteiger partial charge in [0.2, 0.25) is 5.70 Å². The van der Waals surface area contributed by atoms with Gasteiger partial charge in [-0.05, 0) is 17.7 Å². The quantitative estimate of drug-likeness (QED) is 0.585. The maximum atomic E-state index is 11.8. The molecule has 0 bridgehead atoms. The molecule has 0 saturated heterocycles. The molecule has 0 atom stereocenters. The minimum Gasteiger partial charge on any atom is -1.00 e. The molecule has 0 fully saturated rings. The van der Waals surface area contributed by atoms with Crippen molar-refractivity contribution in [2.75, 3.05) is 5.32 Å². The zero-order valence-corrected chi connectivity index (χ0v) is 11.4. The van der Waals surface area contributed by atoms with Crippen molar-refractivity contribution in [2.45, 2.75) is 0 Å². The number of nitrogens with one attached hydrogen (secondary N) is 1. The van der Waals surface area contributed by atoms with Crippen LogP contribution in [0.25, 0.3) is 11.8 Å². The molecule has 0 radical (unpaired) electrons. The van der Waals surface area contributed by atoms with Gasteiger partial charge in [-0.3, -0.25) is 0 Å². The van der Waals surface area contributed by atoms with Gasteiger partial charge >= 0.3 is 5.91 Å². The summed E-state index contributed by atoms with van der Waals surface area (Å²) in [7, 11) is 0. The first kappa shape index (κ1) is 14.0. The van der Waals surface area contributed by atoms with E-state index in [0.717, 1.165) is 11.4 Å². The highest BCUT2D eigenvalue weighted by atomic mass is 35.5. The van der Waals surface area contributed by atoms with Crippen LogP contribution in [0.15, 0.2) is 66.9 Å². The molecule has 4 heteroatoms. The first-order valence-electron chi connectivity index (χ1n) is 6.10. The van der Waals surface area contributed by atoms with Gasteiger partial charge in [-0.2, -0.15) is 4.57 Å². The number of rotatable bonds is 2. The predicted molar refractivity (Wildman–Crippen MR) is 75.0 cm³/mol. The number of benzene rings is 1. The van der Waals surface area contributed by atoms with E-state index in [1.165, 1.54) is 0 Å². The SMILES string of the molecule is O=C1Nc2cccc[n+]2/C1=C\C=C\c1ccccc1.[Cl-]. The number of hydrogen-bond acceptors (Lipinski definition) is 1. The monoisotopic (exact) mass is 284 g/mol. The molecule has 20 heavy (non-hydrogen) atoms. The summed E-state index contributed by atoms with van der Waals surface area (Å²) in [5.41, 5.74) is 1.74. The summed E-state index contributed by atoms with van der Waals surface area (Å²) in [4.78, 5) is 11.8. The van der Waals surface area contributed by atoms with Crippen LogP contribution in [0.4, 0.5) is 5.82 Å². The van der Waals surface area contributed by atoms with Crippen LogP contribution in [0.3, 0.4) is 0 Å². The van der Waals surface area contributed by atoms with Gasteiger partial charge < -0.3 is 12.4 Å². The number of fused-ring (bicyclic) bond motifs is 1. The van der Waals surface area contributed by atoms with E-state index >= 15 is 0 Å². The van der Waals surface area contributed by atoms with Gasteiger partial charge in [-0.15, -0.1) is 0 Å². The van der Waals surface area contributed by atoms with Crippen LogP contribution in [0, 0.1) is 0 Å². The van der Waals surface area contributed by atoms with Crippen LogP contribution in [-0.2, 0) is 4.79 Å². The Morgan fingerprint density at radius 1 is 1.00 bits per heavy atom. The first-order valence-corrected chi connectivity index (χ1v) is 6.10. The molecule has 3 nitrogen and oxygen atoms in total. The molecule has 100 valence electrons. The summed E-state index contributed by atoms with van der Waals surface area (Å²) in [5.74, 6) is 0.718. The van der Waals surface area contributed by atoms with Gasteiger partial charge in [0.1, 0.15) is 0 Å². The lowest BCUT2D eigenvalue weighted by atomic mass is 10.2. The third kappa shape index (κ3) is 2.78. The Bertz CT molecular complexity index is 678. The molecule has 1 aromatic carbocycles. The predicted octanol–water partition coefficient (Wildman–Crippen LogP) is -0.516. The van der Waals surface area contributed by atoms with Crippen molar-refractivity contribution in [3.05, 3.63) is 72.4 Å². The fraction of sp³-hybridized carbons (Fsp3) is 0. The molecular weight excluding hydrogens is 272 g/mol. The van der Waals surface area contributed by atoms with E-state index < -0.39 is 0 Å². The van der Waals surface area contributed by atoms with Crippen LogP contribution in [0.2, 0.25) is 0 Å². The molecule has 0 spiro atoms. The van der Waals surface area contributed by atoms with Crippen molar-refractivity contribution in [1.29, 1.82) is 0 Å². The van der Waals surface area contributed by atoms with E-state index in [2.05, 4.69) is 5.32 Å². The van der Waals surface area contributed by atoms with Crippen molar-refractivity contribution in [1.82, 2.24) is 0 Å². The molecule has 1 aromatic heterocycles. The molecule has 1 aliphatic heterocycles. The van der Waals surface area contributed by atoms with Crippen molar-refractivity contribution in [3.63, 3.8) is 0 Å². The Morgan fingerprint density at radius 2 is 1.75 bits per heavy atom. The van der Waals surface area contributed by atoms with Gasteiger partial charge in [0.25, 0.3) is 5.82 Å². The number of carbonyl (C=O) groups excluding carboxylic acids is 1. The molecule has 1 N–H and O–H groups in total. The Hall–Kier alpha value is -2.39. The van der Waals surface area contributed by atoms with E-state index in [-0.39, 0.29) is 18.3 Å². The topological polar surface area (TPSA) is 33.0 Å². The Balaban J connectivity index is 0.00000147. The van der Waals surface area contributed by atoms with Gasteiger partial charge in [0.15, 0.2) is 0 Å². The number of pyridine rings is 1. The van der Waals surface area contributed by atoms with Crippen LogP contribution in [-0.4, -0.2) is 5.91 Å². The molecule has 0 aliphatic carbocycles. The number of halogens is 1. The fourth-order valence-electron chi connectivity index (χ4n) is 2.02. The Kier molecular flexibility index (Phi) is 4.33. The van der Waals surface area contributed by atoms with E-state index in [1.54, 1.807) is 0 Å². The lowest BCUT2D eigenvalue weighted by molar-refractivity contribution is -0.556. The molecule has 1 amide bonds. The number of allylic oxidation sites excluding steroid dienone is 2. The molecule has 3 rings (SSSR count). The summed E-state index contributed by atoms with van der Waals surface area (Å²) < 4.78 is 1.84. The van der Waals surface area contributed by atoms with Gasteiger partial charge in [0.05, 0.1) is 6.20 Å². The van der Waals surface area contributed by atoms with Crippen molar-refractivity contribution in [2.24, 2.45) is 0 Å². The zero-order valence-electron chi connectivity index (χ0n) is 10.7. The van der Waals surface area contributed by atoms with E-state index in [0.29, 0.717) is 5.70 Å². The lowest BCUT2D eigenvalue weighted by Crippen LogP contribution is -3.00. The van der Waals surface area contributed by atoms with Crippen LogP contribution in [0.5, 0.6) is 0 Å². The second-order valence-corrected chi connectivity index (χ2v) is 4.23. The van der Waals surface area contributed by atoms with Gasteiger partial charge in [0, 0.05) is 6.07 Å². The lowest BCUT2D eigenvalue weighted by Gasteiger charge is -1.92. The molecule has 0 saturated carbocycles. The highest BCUT2D eigenvalue weighted by Crippen LogP contribution is 2.13. The minimum atomic E-state index is -0.0797. The summed E-state index contributed by atoms with van der Waals surface area (Å²) in [6.45, 7) is 0. The smallest absolute Gasteiger partial charge is 0.379 e. The fourth-order valence-corrected chi connectivity index (χ4v) is 2.02. The molecule has 2 aromatic rings. The number of aromatic nitrogens is 1. The molecule has 1 aliphatic rings. The van der Waals surface area contributed by atoms with Crippen molar-refractivity contribution in [3.8, 4) is 0 Å². The third-order valence-electron chi connectivity index (χ3n) is 2.94. The normalized spacial score (nSPS) is 15.0. The number of carbonyl (C=O) groups is 1. The van der Waals surface area contributed by atoms with Crippen LogP contribution in [0.1, 0.15) is 5.56 Å². The standard InChI is InChI=1S/C16H12N2O.ClH/c19-16-14(18-12-5-4-11-15(18)17-16)10-6-9-13-7-2-1-3-8-13;/h1-12H;1H/b9-6+,14-10-;. The Morgan fingerprint density at radius 3 is 2.55 bits per heavy atom. The van der Waals surface area contributed by atoms with Gasteiger partial charge in [-0.1, -0.05) is 48.6 Å². The van der Waals surface area contributed by atoms with E-state index in [1.807, 2.05) is 77.5 Å². The minimum absolute atomic E-state index is 0.